The van der Waals surface area contributed by atoms with Crippen LogP contribution in [0.25, 0.3) is 10.9 Å². The van der Waals surface area contributed by atoms with E-state index in [0.29, 0.717) is 48.6 Å². The number of aryl methyl sites for hydroxylation is 1. The van der Waals surface area contributed by atoms with E-state index in [1.54, 1.807) is 18.3 Å². The van der Waals surface area contributed by atoms with Gasteiger partial charge in [-0.15, -0.1) is 0 Å². The molecule has 2 heterocycles. The molecule has 0 amide bonds. The average molecular weight is 375 g/mol. The van der Waals surface area contributed by atoms with Crippen molar-refractivity contribution in [3.8, 4) is 5.75 Å². The molecule has 1 aromatic heterocycles. The van der Waals surface area contributed by atoms with Crippen molar-refractivity contribution in [1.29, 1.82) is 0 Å². The van der Waals surface area contributed by atoms with Gasteiger partial charge >= 0.3 is 6.09 Å². The van der Waals surface area contributed by atoms with Crippen LogP contribution < -0.4 is 4.74 Å². The molecule has 0 atom stereocenters. The number of hydrogen-bond acceptors (Lipinski definition) is 6. The van der Waals surface area contributed by atoms with Crippen LogP contribution in [-0.2, 0) is 14.2 Å². The summed E-state index contributed by atoms with van der Waals surface area (Å²) >= 11 is 0. The summed E-state index contributed by atoms with van der Waals surface area (Å²) in [4.78, 5) is 24.2. The largest absolute Gasteiger partial charge is 0.490 e. The minimum absolute atomic E-state index is 0.131. The normalized spacial score (nSPS) is 14.8. The molecule has 7 nitrogen and oxygen atoms in total. The lowest BCUT2D eigenvalue weighted by Gasteiger charge is -2.25. The standard InChI is InChI=1S/C20H25NO6/c1-13-9-17(26-8-7-25-14-11-24-12-14)16(10-22)15-5-6-21(18(13)15)19(23)27-20(2,3)4/h5-6,9-10,14H,7-8,11-12H2,1-4H3. The van der Waals surface area contributed by atoms with Gasteiger partial charge in [0, 0.05) is 11.6 Å². The summed E-state index contributed by atoms with van der Waals surface area (Å²) in [7, 11) is 0. The number of fused-ring (bicyclic) bond motifs is 1. The number of hydrogen-bond donors (Lipinski definition) is 0. The second-order valence-corrected chi connectivity index (χ2v) is 7.53. The van der Waals surface area contributed by atoms with Gasteiger partial charge in [-0.3, -0.25) is 9.36 Å². The van der Waals surface area contributed by atoms with E-state index < -0.39 is 11.7 Å². The van der Waals surface area contributed by atoms with Crippen LogP contribution in [0, 0.1) is 6.92 Å². The van der Waals surface area contributed by atoms with Gasteiger partial charge in [0.2, 0.25) is 0 Å². The number of benzene rings is 1. The van der Waals surface area contributed by atoms with E-state index in [2.05, 4.69) is 0 Å². The lowest BCUT2D eigenvalue weighted by molar-refractivity contribution is -0.132. The van der Waals surface area contributed by atoms with Crippen molar-refractivity contribution in [2.75, 3.05) is 26.4 Å². The van der Waals surface area contributed by atoms with Crippen LogP contribution in [-0.4, -0.2) is 55.1 Å². The number of carbonyl (C=O) groups is 2. The third kappa shape index (κ3) is 4.31. The Labute approximate surface area is 158 Å². The number of ether oxygens (including phenoxy) is 4. The fourth-order valence-corrected chi connectivity index (χ4v) is 2.91. The number of carbonyl (C=O) groups excluding carboxylic acids is 2. The Morgan fingerprint density at radius 3 is 2.67 bits per heavy atom. The Morgan fingerprint density at radius 2 is 2.07 bits per heavy atom. The Balaban J connectivity index is 1.82. The van der Waals surface area contributed by atoms with Crippen LogP contribution >= 0.6 is 0 Å². The van der Waals surface area contributed by atoms with Crippen molar-refractivity contribution < 1.29 is 28.5 Å². The van der Waals surface area contributed by atoms with Crippen LogP contribution in [0.1, 0.15) is 36.7 Å². The molecule has 0 bridgehead atoms. The van der Waals surface area contributed by atoms with E-state index in [9.17, 15) is 9.59 Å². The number of aromatic nitrogens is 1. The molecular formula is C20H25NO6. The molecular weight excluding hydrogens is 350 g/mol. The summed E-state index contributed by atoms with van der Waals surface area (Å²) in [5.41, 5.74) is 1.25. The lowest BCUT2D eigenvalue weighted by Crippen LogP contribution is -2.37. The first-order valence-electron chi connectivity index (χ1n) is 8.95. The molecule has 1 fully saturated rings. The maximum absolute atomic E-state index is 12.5. The summed E-state index contributed by atoms with van der Waals surface area (Å²) < 4.78 is 23.3. The predicted molar refractivity (Wildman–Crippen MR) is 99.7 cm³/mol. The molecule has 0 radical (unpaired) electrons. The van der Waals surface area contributed by atoms with Crippen molar-refractivity contribution in [3.63, 3.8) is 0 Å². The Bertz CT molecular complexity index is 844. The highest BCUT2D eigenvalue weighted by Gasteiger charge is 2.22. The molecule has 1 aromatic carbocycles. The van der Waals surface area contributed by atoms with Crippen LogP contribution in [0.5, 0.6) is 5.75 Å². The zero-order valence-corrected chi connectivity index (χ0v) is 16.1. The third-order valence-electron chi connectivity index (χ3n) is 4.17. The first-order valence-corrected chi connectivity index (χ1v) is 8.95. The van der Waals surface area contributed by atoms with Crippen molar-refractivity contribution in [2.45, 2.75) is 39.4 Å². The van der Waals surface area contributed by atoms with Gasteiger partial charge in [-0.2, -0.15) is 0 Å². The van der Waals surface area contributed by atoms with E-state index in [0.717, 1.165) is 11.8 Å². The Morgan fingerprint density at radius 1 is 1.33 bits per heavy atom. The van der Waals surface area contributed by atoms with Gasteiger partial charge in [0.15, 0.2) is 6.29 Å². The molecule has 3 rings (SSSR count). The summed E-state index contributed by atoms with van der Waals surface area (Å²) in [5.74, 6) is 0.477. The zero-order valence-electron chi connectivity index (χ0n) is 16.1. The van der Waals surface area contributed by atoms with Crippen molar-refractivity contribution in [2.24, 2.45) is 0 Å². The second kappa shape index (κ2) is 7.70. The van der Waals surface area contributed by atoms with E-state index >= 15 is 0 Å². The average Bonchev–Trinajstić information content (AvgIpc) is 2.97. The van der Waals surface area contributed by atoms with Crippen molar-refractivity contribution in [1.82, 2.24) is 4.57 Å². The highest BCUT2D eigenvalue weighted by atomic mass is 16.6. The fourth-order valence-electron chi connectivity index (χ4n) is 2.91. The molecule has 7 heteroatoms. The van der Waals surface area contributed by atoms with Gasteiger partial charge in [0.25, 0.3) is 0 Å². The molecule has 1 aliphatic heterocycles. The lowest BCUT2D eigenvalue weighted by atomic mass is 10.1. The highest BCUT2D eigenvalue weighted by Crippen LogP contribution is 2.31. The molecule has 0 spiro atoms. The van der Waals surface area contributed by atoms with E-state index in [4.69, 9.17) is 18.9 Å². The quantitative estimate of drug-likeness (QED) is 0.569. The summed E-state index contributed by atoms with van der Waals surface area (Å²) in [6.45, 7) is 9.27. The SMILES string of the molecule is Cc1cc(OCCOC2COC2)c(C=O)c2ccn(C(=O)OC(C)(C)C)c12. The molecule has 146 valence electrons. The van der Waals surface area contributed by atoms with E-state index in [-0.39, 0.29) is 6.10 Å². The van der Waals surface area contributed by atoms with Gasteiger partial charge in [0.1, 0.15) is 24.1 Å². The van der Waals surface area contributed by atoms with Crippen LogP contribution in [0.3, 0.4) is 0 Å². The van der Waals surface area contributed by atoms with Gasteiger partial charge < -0.3 is 18.9 Å². The van der Waals surface area contributed by atoms with Crippen LogP contribution in [0.15, 0.2) is 18.3 Å². The molecule has 0 N–H and O–H groups in total. The highest BCUT2D eigenvalue weighted by molar-refractivity contribution is 6.03. The summed E-state index contributed by atoms with van der Waals surface area (Å²) in [6.07, 6.45) is 2.01. The molecule has 1 aliphatic rings. The topological polar surface area (TPSA) is 76.0 Å². The number of nitrogens with zero attached hydrogens (tertiary/aromatic N) is 1. The molecule has 1 saturated heterocycles. The first kappa shape index (κ1) is 19.4. The maximum Gasteiger partial charge on any atom is 0.419 e. The zero-order chi connectivity index (χ0) is 19.6. The van der Waals surface area contributed by atoms with E-state index in [1.165, 1.54) is 4.57 Å². The van der Waals surface area contributed by atoms with Crippen molar-refractivity contribution >= 4 is 23.3 Å². The predicted octanol–water partition coefficient (Wildman–Crippen LogP) is 3.34. The van der Waals surface area contributed by atoms with Crippen molar-refractivity contribution in [3.05, 3.63) is 29.5 Å². The summed E-state index contributed by atoms with van der Waals surface area (Å²) in [5, 5.41) is 0.652. The van der Waals surface area contributed by atoms with Gasteiger partial charge in [-0.05, 0) is 45.4 Å². The minimum atomic E-state index is -0.608. The van der Waals surface area contributed by atoms with Gasteiger partial charge in [0.05, 0.1) is 30.9 Å². The smallest absolute Gasteiger partial charge is 0.419 e. The van der Waals surface area contributed by atoms with Crippen LogP contribution in [0.2, 0.25) is 0 Å². The first-order chi connectivity index (χ1) is 12.8. The summed E-state index contributed by atoms with van der Waals surface area (Å²) in [6, 6.07) is 3.49. The third-order valence-corrected chi connectivity index (χ3v) is 4.17. The second-order valence-electron chi connectivity index (χ2n) is 7.53. The van der Waals surface area contributed by atoms with Gasteiger partial charge in [-0.25, -0.2) is 4.79 Å². The Hall–Kier alpha value is -2.38. The Kier molecular flexibility index (Phi) is 5.53. The van der Waals surface area contributed by atoms with Crippen LogP contribution in [0.4, 0.5) is 4.79 Å². The molecule has 2 aromatic rings. The molecule has 0 unspecified atom stereocenters. The molecule has 0 saturated carbocycles. The molecule has 0 aliphatic carbocycles. The van der Waals surface area contributed by atoms with E-state index in [1.807, 2.05) is 27.7 Å². The van der Waals surface area contributed by atoms with Gasteiger partial charge in [-0.1, -0.05) is 0 Å². The number of aldehydes is 1. The number of rotatable bonds is 6. The monoisotopic (exact) mass is 375 g/mol. The maximum atomic E-state index is 12.5. The minimum Gasteiger partial charge on any atom is -0.490 e. The molecule has 27 heavy (non-hydrogen) atoms. The fraction of sp³-hybridized carbons (Fsp3) is 0.500.